The lowest BCUT2D eigenvalue weighted by molar-refractivity contribution is -0.112. The first-order valence-corrected chi connectivity index (χ1v) is 33.6. The number of hydrogen-bond acceptors (Lipinski definition) is 12. The number of ether oxygens (including phenoxy) is 6. The zero-order valence-electron chi connectivity index (χ0n) is 52.7. The van der Waals surface area contributed by atoms with Crippen LogP contribution in [0, 0.1) is 19.8 Å². The third kappa shape index (κ3) is 20.3. The van der Waals surface area contributed by atoms with Crippen LogP contribution in [0.5, 0.6) is 23.0 Å². The molecular weight excluding hydrogens is 1170 g/mol. The molecular formula is C72H84N6O10S2. The van der Waals surface area contributed by atoms with Crippen LogP contribution in [0.3, 0.4) is 0 Å². The molecule has 474 valence electrons. The highest BCUT2D eigenvalue weighted by Crippen LogP contribution is 2.32. The summed E-state index contributed by atoms with van der Waals surface area (Å²) in [5.41, 5.74) is 10.3. The molecule has 0 bridgehead atoms. The maximum atomic E-state index is 13.7. The maximum Gasteiger partial charge on any atom is 0.248 e. The molecule has 0 fully saturated rings. The molecule has 0 aliphatic rings. The first-order chi connectivity index (χ1) is 43.8. The van der Waals surface area contributed by atoms with Crippen molar-refractivity contribution in [3.05, 3.63) is 192 Å². The van der Waals surface area contributed by atoms with E-state index in [-0.39, 0.29) is 11.8 Å². The summed E-state index contributed by atoms with van der Waals surface area (Å²) in [4.78, 5) is 36.6. The molecule has 2 amide bonds. The summed E-state index contributed by atoms with van der Waals surface area (Å²) in [6, 6.07) is 41.8. The maximum absolute atomic E-state index is 13.7. The third-order valence-corrected chi connectivity index (χ3v) is 17.4. The van der Waals surface area contributed by atoms with Crippen LogP contribution in [0.4, 0.5) is 11.4 Å². The molecule has 8 aromatic rings. The number of rotatable bonds is 36. The highest BCUT2D eigenvalue weighted by Gasteiger charge is 2.17. The Hall–Kier alpha value is -8.42. The second kappa shape index (κ2) is 35.1. The van der Waals surface area contributed by atoms with Crippen molar-refractivity contribution < 1.29 is 46.4 Å². The molecule has 2 heterocycles. The van der Waals surface area contributed by atoms with Gasteiger partial charge in [-0.05, 0) is 191 Å². The number of aromatic nitrogens is 4. The highest BCUT2D eigenvalue weighted by molar-refractivity contribution is 7.84. The van der Waals surface area contributed by atoms with Crippen LogP contribution in [0.2, 0.25) is 0 Å². The van der Waals surface area contributed by atoms with Crippen LogP contribution in [0.25, 0.3) is 34.4 Å². The first-order valence-electron chi connectivity index (χ1n) is 30.9. The second-order valence-electron chi connectivity index (χ2n) is 21.7. The molecule has 3 atom stereocenters. The fourth-order valence-corrected chi connectivity index (χ4v) is 12.5. The van der Waals surface area contributed by atoms with Gasteiger partial charge < -0.3 is 48.2 Å². The monoisotopic (exact) mass is 1260 g/mol. The normalized spacial score (nSPS) is 12.5. The van der Waals surface area contributed by atoms with Crippen molar-refractivity contribution in [1.82, 2.24) is 19.1 Å². The van der Waals surface area contributed by atoms with Crippen LogP contribution in [0.15, 0.2) is 168 Å². The lowest BCUT2D eigenvalue weighted by Crippen LogP contribution is -2.13. The standard InChI is InChI=1S/C72H84N6O10S2/c1-8-38-77-50-73-53(6)67(77)48-89(81)65-30-22-61(23-31-65)75-71(79)36-20-60-46-58(19-35-70(60)86-11-4)56-16-28-64(29-17-56)88-44-42-84-40-12-13-52(5)47-78-51-74-54(7)68(78)49-90(82)66-32-24-62(25-33-66)76-72(80)37-21-59-45-57(18-34-69(59)85-10-3)55-14-26-63(27-15-55)87-43-41-83-39-9-2/h14-37,45-46,50-52H,8-13,38-44,47-49H2,1-7H3,(H,75,79)(H,76,80)/b36-20+,37-21+/t52?,89-,90?/m0/s1. The number of nitrogens with one attached hydrogen (secondary N) is 2. The van der Waals surface area contributed by atoms with Crippen LogP contribution >= 0.6 is 0 Å². The molecule has 2 N–H and O–H groups in total. The van der Waals surface area contributed by atoms with Gasteiger partial charge in [-0.2, -0.15) is 0 Å². The van der Waals surface area contributed by atoms with Gasteiger partial charge in [0.1, 0.15) is 36.2 Å². The van der Waals surface area contributed by atoms with Crippen molar-refractivity contribution in [3.8, 4) is 45.3 Å². The lowest BCUT2D eigenvalue weighted by atomic mass is 10.0. The fraction of sp³-hybridized carbons (Fsp3) is 0.333. The minimum atomic E-state index is -1.34. The van der Waals surface area contributed by atoms with Gasteiger partial charge in [0.15, 0.2) is 0 Å². The average molecular weight is 1260 g/mol. The highest BCUT2D eigenvalue weighted by atomic mass is 32.2. The number of imidazole rings is 2. The van der Waals surface area contributed by atoms with Crippen LogP contribution in [-0.2, 0) is 65.3 Å². The Kier molecular flexibility index (Phi) is 26.3. The van der Waals surface area contributed by atoms with Crippen molar-refractivity contribution in [2.24, 2.45) is 5.92 Å². The predicted molar refractivity (Wildman–Crippen MR) is 360 cm³/mol. The van der Waals surface area contributed by atoms with Crippen molar-refractivity contribution >= 4 is 56.9 Å². The minimum Gasteiger partial charge on any atom is -0.493 e. The lowest BCUT2D eigenvalue weighted by Gasteiger charge is -2.15. The van der Waals surface area contributed by atoms with Gasteiger partial charge in [-0.15, -0.1) is 0 Å². The number of carbonyl (C=O) groups excluding carboxylic acids is 2. The van der Waals surface area contributed by atoms with E-state index in [2.05, 4.69) is 50.5 Å². The molecule has 2 aromatic heterocycles. The molecule has 0 radical (unpaired) electrons. The van der Waals surface area contributed by atoms with Crippen molar-refractivity contribution in [3.63, 3.8) is 0 Å². The molecule has 0 saturated carbocycles. The summed E-state index contributed by atoms with van der Waals surface area (Å²) in [5, 5.41) is 5.84. The summed E-state index contributed by atoms with van der Waals surface area (Å²) in [5.74, 6) is 3.25. The zero-order valence-corrected chi connectivity index (χ0v) is 54.4. The summed E-state index contributed by atoms with van der Waals surface area (Å²) in [7, 11) is -2.61. The Bertz CT molecular complexity index is 3690. The molecule has 0 saturated heterocycles. The van der Waals surface area contributed by atoms with Gasteiger partial charge in [-0.1, -0.05) is 57.2 Å². The fourth-order valence-electron chi connectivity index (χ4n) is 10.0. The van der Waals surface area contributed by atoms with Crippen LogP contribution in [-0.4, -0.2) is 92.2 Å². The first kappa shape index (κ1) is 67.5. The SMILES string of the molecule is CCCOCCOc1ccc(-c2ccc(OCC)c(/C=C/C(=O)Nc3ccc(S(=O)Cc4c(C)ncn4CC(C)CCCOCCOc4ccc(-c5ccc(OCC)c(/C=C/C(=O)Nc6ccc([S@@](=O)Cc7c(C)ncn7CCC)cc6)c5)cc4)cc3)c2)cc1. The van der Waals surface area contributed by atoms with Gasteiger partial charge in [-0.25, -0.2) is 9.97 Å². The number of benzene rings is 6. The van der Waals surface area contributed by atoms with Crippen molar-refractivity contribution in [1.29, 1.82) is 0 Å². The van der Waals surface area contributed by atoms with Gasteiger partial charge in [0.25, 0.3) is 0 Å². The van der Waals surface area contributed by atoms with Crippen LogP contribution < -0.4 is 29.6 Å². The Labute approximate surface area is 535 Å². The Morgan fingerprint density at radius 2 is 0.967 bits per heavy atom. The largest absolute Gasteiger partial charge is 0.493 e. The number of aryl methyl sites for hydroxylation is 3. The van der Waals surface area contributed by atoms with Gasteiger partial charge in [0.2, 0.25) is 11.8 Å². The number of carbonyl (C=O) groups is 2. The third-order valence-electron chi connectivity index (χ3n) is 14.7. The molecule has 6 aromatic carbocycles. The predicted octanol–water partition coefficient (Wildman–Crippen LogP) is 14.5. The summed E-state index contributed by atoms with van der Waals surface area (Å²) >= 11 is 0. The van der Waals surface area contributed by atoms with Crippen LogP contribution in [0.1, 0.15) is 94.2 Å². The Morgan fingerprint density at radius 3 is 1.42 bits per heavy atom. The smallest absolute Gasteiger partial charge is 0.248 e. The summed E-state index contributed by atoms with van der Waals surface area (Å²) in [6.07, 6.45) is 13.9. The van der Waals surface area contributed by atoms with E-state index in [1.54, 1.807) is 67.0 Å². The Balaban J connectivity index is 0.733. The molecule has 90 heavy (non-hydrogen) atoms. The average Bonchev–Trinajstić information content (AvgIpc) is 1.59. The van der Waals surface area contributed by atoms with E-state index in [1.165, 1.54) is 12.2 Å². The molecule has 0 aliphatic carbocycles. The quantitative estimate of drug-likeness (QED) is 0.0280. The van der Waals surface area contributed by atoms with E-state index >= 15 is 0 Å². The summed E-state index contributed by atoms with van der Waals surface area (Å²) < 4.78 is 66.3. The van der Waals surface area contributed by atoms with E-state index in [9.17, 15) is 18.0 Å². The van der Waals surface area contributed by atoms with Crippen molar-refractivity contribution in [2.75, 3.05) is 63.5 Å². The topological polar surface area (TPSA) is 183 Å². The van der Waals surface area contributed by atoms with E-state index in [0.29, 0.717) is 96.3 Å². The zero-order chi connectivity index (χ0) is 63.6. The number of anilines is 2. The molecule has 0 aliphatic heterocycles. The van der Waals surface area contributed by atoms with E-state index in [4.69, 9.17) is 28.4 Å². The van der Waals surface area contributed by atoms with Gasteiger partial charge in [0, 0.05) is 70.7 Å². The van der Waals surface area contributed by atoms with Gasteiger partial charge in [0.05, 0.1) is 95.0 Å². The molecule has 0 spiro atoms. The van der Waals surface area contributed by atoms with Crippen molar-refractivity contribution in [2.45, 2.75) is 109 Å². The minimum absolute atomic E-state index is 0.304. The van der Waals surface area contributed by atoms with E-state index in [1.807, 2.05) is 119 Å². The molecule has 16 nitrogen and oxygen atoms in total. The molecule has 8 rings (SSSR count). The van der Waals surface area contributed by atoms with Gasteiger partial charge in [-0.3, -0.25) is 18.0 Å². The second-order valence-corrected chi connectivity index (χ2v) is 24.6. The van der Waals surface area contributed by atoms with E-state index < -0.39 is 21.6 Å². The Morgan fingerprint density at radius 1 is 0.522 bits per heavy atom. The molecule has 2 unspecified atom stereocenters. The number of amides is 2. The number of hydrogen-bond donors (Lipinski definition) is 2. The molecule has 18 heteroatoms. The summed E-state index contributed by atoms with van der Waals surface area (Å²) in [6.45, 7) is 19.9. The number of nitrogens with zero attached hydrogens (tertiary/aromatic N) is 4. The van der Waals surface area contributed by atoms with Gasteiger partial charge >= 0.3 is 0 Å². The van der Waals surface area contributed by atoms with E-state index in [0.717, 1.165) is 113 Å².